The number of nitrogens with one attached hydrogen (secondary N) is 2. The number of hydrogen-bond donors (Lipinski definition) is 2. The number of nitrogens with zero attached hydrogens (tertiary/aromatic N) is 1. The highest BCUT2D eigenvalue weighted by Gasteiger charge is 2.64. The van der Waals surface area contributed by atoms with Crippen molar-refractivity contribution < 1.29 is 22.8 Å². The summed E-state index contributed by atoms with van der Waals surface area (Å²) < 4.78 is 38.9. The van der Waals surface area contributed by atoms with Crippen molar-refractivity contribution in [3.05, 3.63) is 29.8 Å². The van der Waals surface area contributed by atoms with Crippen LogP contribution < -0.4 is 10.6 Å². The van der Waals surface area contributed by atoms with Gasteiger partial charge in [0.1, 0.15) is 5.54 Å². The van der Waals surface area contributed by atoms with Gasteiger partial charge >= 0.3 is 6.18 Å². The zero-order chi connectivity index (χ0) is 21.6. The third-order valence-electron chi connectivity index (χ3n) is 6.86. The molecule has 4 rings (SSSR count). The molecule has 0 bridgehead atoms. The molecule has 164 valence electrons. The standard InChI is InChI=1S/C22H28F3N3O2/c1-15-3-2-4-17(11-15)26-19(30)16-5-7-20(8-6-16)13-28(14-20)12-18(29)27-21(9-10-21)22(23,24)25/h2-4,11,16H,5-10,12-14H2,1H3,(H,26,30)(H,27,29). The molecule has 3 fully saturated rings. The molecule has 1 heterocycles. The summed E-state index contributed by atoms with van der Waals surface area (Å²) in [6, 6.07) is 7.73. The fourth-order valence-corrected chi connectivity index (χ4v) is 4.90. The number of hydrogen-bond acceptors (Lipinski definition) is 3. The van der Waals surface area contributed by atoms with Gasteiger partial charge in [0.15, 0.2) is 0 Å². The Labute approximate surface area is 174 Å². The first-order chi connectivity index (χ1) is 14.1. The normalized spacial score (nSPS) is 22.9. The lowest BCUT2D eigenvalue weighted by atomic mass is 9.65. The van der Waals surface area contributed by atoms with Crippen molar-refractivity contribution in [1.82, 2.24) is 10.2 Å². The van der Waals surface area contributed by atoms with Crippen LogP contribution in [0.4, 0.5) is 18.9 Å². The fraction of sp³-hybridized carbons (Fsp3) is 0.636. The average Bonchev–Trinajstić information content (AvgIpc) is 3.41. The number of aryl methyl sites for hydroxylation is 1. The Morgan fingerprint density at radius 1 is 1.13 bits per heavy atom. The second-order valence-electron chi connectivity index (χ2n) is 9.41. The molecule has 8 heteroatoms. The number of alkyl halides is 3. The molecule has 1 spiro atoms. The van der Waals surface area contributed by atoms with Gasteiger partial charge in [0.05, 0.1) is 6.54 Å². The summed E-state index contributed by atoms with van der Waals surface area (Å²) in [5.41, 5.74) is 0.0158. The van der Waals surface area contributed by atoms with Crippen molar-refractivity contribution in [2.24, 2.45) is 11.3 Å². The van der Waals surface area contributed by atoms with Gasteiger partial charge in [-0.3, -0.25) is 14.5 Å². The Hall–Kier alpha value is -2.09. The molecule has 5 nitrogen and oxygen atoms in total. The SMILES string of the molecule is Cc1cccc(NC(=O)C2CCC3(CC2)CN(CC(=O)NC2(C(F)(F)F)CC2)C3)c1. The first-order valence-corrected chi connectivity index (χ1v) is 10.6. The van der Waals surface area contributed by atoms with Crippen molar-refractivity contribution in [1.29, 1.82) is 0 Å². The van der Waals surface area contributed by atoms with Crippen molar-refractivity contribution in [2.75, 3.05) is 25.0 Å². The van der Waals surface area contributed by atoms with Gasteiger partial charge in [-0.05, 0) is 68.6 Å². The molecule has 1 saturated heterocycles. The van der Waals surface area contributed by atoms with E-state index in [0.717, 1.165) is 36.9 Å². The summed E-state index contributed by atoms with van der Waals surface area (Å²) >= 11 is 0. The minimum Gasteiger partial charge on any atom is -0.341 e. The van der Waals surface area contributed by atoms with Crippen LogP contribution in [0.25, 0.3) is 0 Å². The number of amides is 2. The van der Waals surface area contributed by atoms with Crippen LogP contribution in [0.1, 0.15) is 44.1 Å². The van der Waals surface area contributed by atoms with Crippen molar-refractivity contribution in [2.45, 2.75) is 57.2 Å². The largest absolute Gasteiger partial charge is 0.411 e. The smallest absolute Gasteiger partial charge is 0.341 e. The number of likely N-dealkylation sites (tertiary alicyclic amines) is 1. The summed E-state index contributed by atoms with van der Waals surface area (Å²) in [4.78, 5) is 26.5. The molecule has 2 N–H and O–H groups in total. The highest BCUT2D eigenvalue weighted by molar-refractivity contribution is 5.92. The van der Waals surface area contributed by atoms with E-state index in [4.69, 9.17) is 0 Å². The van der Waals surface area contributed by atoms with Gasteiger partial charge in [0.25, 0.3) is 0 Å². The number of carbonyl (C=O) groups is 2. The zero-order valence-electron chi connectivity index (χ0n) is 17.1. The Bertz CT molecular complexity index is 819. The molecule has 1 aromatic carbocycles. The molecule has 2 saturated carbocycles. The number of rotatable bonds is 5. The summed E-state index contributed by atoms with van der Waals surface area (Å²) in [5, 5.41) is 5.18. The first-order valence-electron chi connectivity index (χ1n) is 10.6. The molecule has 2 aliphatic carbocycles. The van der Waals surface area contributed by atoms with Gasteiger partial charge in [0, 0.05) is 24.7 Å². The Morgan fingerprint density at radius 2 is 1.80 bits per heavy atom. The third-order valence-corrected chi connectivity index (χ3v) is 6.86. The average molecular weight is 423 g/mol. The molecule has 0 unspecified atom stereocenters. The van der Waals surface area contributed by atoms with E-state index < -0.39 is 17.6 Å². The van der Waals surface area contributed by atoms with Crippen LogP contribution in [0.15, 0.2) is 24.3 Å². The summed E-state index contributed by atoms with van der Waals surface area (Å²) in [6.07, 6.45) is -1.02. The summed E-state index contributed by atoms with van der Waals surface area (Å²) in [5.74, 6) is -0.520. The highest BCUT2D eigenvalue weighted by Crippen LogP contribution is 2.49. The van der Waals surface area contributed by atoms with Crippen molar-refractivity contribution >= 4 is 17.5 Å². The van der Waals surface area contributed by atoms with E-state index in [1.54, 1.807) is 0 Å². The van der Waals surface area contributed by atoms with E-state index in [0.29, 0.717) is 13.1 Å². The highest BCUT2D eigenvalue weighted by atomic mass is 19.4. The number of benzene rings is 1. The van der Waals surface area contributed by atoms with Gasteiger partial charge in [0.2, 0.25) is 11.8 Å². The van der Waals surface area contributed by atoms with E-state index in [-0.39, 0.29) is 36.6 Å². The predicted molar refractivity (Wildman–Crippen MR) is 107 cm³/mol. The number of halogens is 3. The monoisotopic (exact) mass is 423 g/mol. The van der Waals surface area contributed by atoms with Crippen LogP contribution in [0.3, 0.4) is 0 Å². The van der Waals surface area contributed by atoms with Crippen molar-refractivity contribution in [3.63, 3.8) is 0 Å². The van der Waals surface area contributed by atoms with Crippen LogP contribution in [0, 0.1) is 18.3 Å². The van der Waals surface area contributed by atoms with Crippen LogP contribution in [0.5, 0.6) is 0 Å². The Kier molecular flexibility index (Phi) is 5.33. The van der Waals surface area contributed by atoms with E-state index in [2.05, 4.69) is 10.6 Å². The first kappa shape index (κ1) is 21.2. The molecule has 0 atom stereocenters. The molecule has 3 aliphatic rings. The molecule has 1 aromatic rings. The second kappa shape index (κ2) is 7.55. The second-order valence-corrected chi connectivity index (χ2v) is 9.41. The third kappa shape index (κ3) is 4.33. The van der Waals surface area contributed by atoms with Crippen LogP contribution in [-0.2, 0) is 9.59 Å². The summed E-state index contributed by atoms with van der Waals surface area (Å²) in [7, 11) is 0. The quantitative estimate of drug-likeness (QED) is 0.760. The Morgan fingerprint density at radius 3 is 2.37 bits per heavy atom. The van der Waals surface area contributed by atoms with E-state index >= 15 is 0 Å². The van der Waals surface area contributed by atoms with Gasteiger partial charge in [-0.2, -0.15) is 13.2 Å². The van der Waals surface area contributed by atoms with Crippen LogP contribution in [-0.4, -0.2) is 48.1 Å². The lowest BCUT2D eigenvalue weighted by Crippen LogP contribution is -2.61. The van der Waals surface area contributed by atoms with Gasteiger partial charge in [-0.1, -0.05) is 12.1 Å². The molecular weight excluding hydrogens is 395 g/mol. The minimum atomic E-state index is -4.38. The van der Waals surface area contributed by atoms with Crippen molar-refractivity contribution in [3.8, 4) is 0 Å². The van der Waals surface area contributed by atoms with E-state index in [1.165, 1.54) is 0 Å². The molecular formula is C22H28F3N3O2. The fourth-order valence-electron chi connectivity index (χ4n) is 4.90. The molecule has 1 aliphatic heterocycles. The molecule has 0 aromatic heterocycles. The maximum atomic E-state index is 13.0. The van der Waals surface area contributed by atoms with Gasteiger partial charge < -0.3 is 10.6 Å². The summed E-state index contributed by atoms with van der Waals surface area (Å²) in [6.45, 7) is 3.42. The lowest BCUT2D eigenvalue weighted by molar-refractivity contribution is -0.171. The minimum absolute atomic E-state index is 0.0108. The lowest BCUT2D eigenvalue weighted by Gasteiger charge is -2.53. The predicted octanol–water partition coefficient (Wildman–Crippen LogP) is 3.64. The molecule has 0 radical (unpaired) electrons. The maximum absolute atomic E-state index is 13.0. The Balaban J connectivity index is 1.20. The topological polar surface area (TPSA) is 61.4 Å². The molecule has 2 amide bonds. The maximum Gasteiger partial charge on any atom is 0.411 e. The van der Waals surface area contributed by atoms with Crippen LogP contribution >= 0.6 is 0 Å². The van der Waals surface area contributed by atoms with Crippen LogP contribution in [0.2, 0.25) is 0 Å². The van der Waals surface area contributed by atoms with E-state index in [9.17, 15) is 22.8 Å². The zero-order valence-corrected chi connectivity index (χ0v) is 17.1. The van der Waals surface area contributed by atoms with Gasteiger partial charge in [-0.25, -0.2) is 0 Å². The number of carbonyl (C=O) groups excluding carboxylic acids is 2. The van der Waals surface area contributed by atoms with E-state index in [1.807, 2.05) is 36.1 Å². The number of anilines is 1. The molecule has 30 heavy (non-hydrogen) atoms. The van der Waals surface area contributed by atoms with Gasteiger partial charge in [-0.15, -0.1) is 0 Å².